The Hall–Kier alpha value is -2.04. The molecule has 1 saturated heterocycles. The molecule has 112 valence electrons. The number of hydrogen-bond acceptors (Lipinski definition) is 2. The maximum atomic E-state index is 12.7. The summed E-state index contributed by atoms with van der Waals surface area (Å²) in [5.41, 5.74) is 1.85. The Labute approximate surface area is 124 Å². The molecule has 1 fully saturated rings. The van der Waals surface area contributed by atoms with Crippen LogP contribution in [0.25, 0.3) is 0 Å². The van der Waals surface area contributed by atoms with Crippen molar-refractivity contribution < 1.29 is 14.7 Å². The largest absolute Gasteiger partial charge is 0.481 e. The number of nitrogens with zero attached hydrogens (tertiary/aromatic N) is 2. The summed E-state index contributed by atoms with van der Waals surface area (Å²) >= 11 is 0. The van der Waals surface area contributed by atoms with Gasteiger partial charge in [-0.05, 0) is 30.9 Å². The molecule has 1 N–H and O–H groups in total. The molecule has 0 bridgehead atoms. The van der Waals surface area contributed by atoms with Gasteiger partial charge in [0, 0.05) is 31.2 Å². The van der Waals surface area contributed by atoms with E-state index in [1.54, 1.807) is 4.90 Å². The average Bonchev–Trinajstić information content (AvgIpc) is 2.86. The summed E-state index contributed by atoms with van der Waals surface area (Å²) in [6, 6.07) is 7.68. The highest BCUT2D eigenvalue weighted by molar-refractivity contribution is 5.95. The Bertz CT molecular complexity index is 552. The fourth-order valence-electron chi connectivity index (χ4n) is 3.32. The number of carbonyl (C=O) groups is 2. The number of fused-ring (bicyclic) bond motifs is 1. The first-order valence-corrected chi connectivity index (χ1v) is 7.54. The second kappa shape index (κ2) is 5.76. The molecule has 0 aliphatic carbocycles. The molecule has 2 amide bonds. The Morgan fingerprint density at radius 2 is 1.86 bits per heavy atom. The van der Waals surface area contributed by atoms with Gasteiger partial charge < -0.3 is 10.0 Å². The van der Waals surface area contributed by atoms with Gasteiger partial charge >= 0.3 is 12.0 Å². The highest BCUT2D eigenvalue weighted by Crippen LogP contribution is 2.38. The molecule has 21 heavy (non-hydrogen) atoms. The van der Waals surface area contributed by atoms with Gasteiger partial charge in [0.25, 0.3) is 0 Å². The number of urea groups is 1. The summed E-state index contributed by atoms with van der Waals surface area (Å²) < 4.78 is 0. The number of anilines is 1. The first-order chi connectivity index (χ1) is 10.2. The number of hydrogen-bond donors (Lipinski definition) is 1. The first kappa shape index (κ1) is 13.9. The van der Waals surface area contributed by atoms with Crippen molar-refractivity contribution in [1.29, 1.82) is 0 Å². The summed E-state index contributed by atoms with van der Waals surface area (Å²) in [6.07, 6.45) is 3.36. The van der Waals surface area contributed by atoms with E-state index in [1.807, 2.05) is 29.2 Å². The third-order valence-electron chi connectivity index (χ3n) is 4.35. The van der Waals surface area contributed by atoms with Crippen LogP contribution in [0.15, 0.2) is 24.3 Å². The van der Waals surface area contributed by atoms with E-state index in [-0.39, 0.29) is 18.4 Å². The number of piperidine rings is 1. The van der Waals surface area contributed by atoms with Gasteiger partial charge in [-0.1, -0.05) is 18.2 Å². The Morgan fingerprint density at radius 3 is 2.57 bits per heavy atom. The van der Waals surface area contributed by atoms with Crippen molar-refractivity contribution in [1.82, 2.24) is 4.90 Å². The minimum atomic E-state index is -0.818. The van der Waals surface area contributed by atoms with Crippen LogP contribution in [0.5, 0.6) is 0 Å². The van der Waals surface area contributed by atoms with Crippen LogP contribution >= 0.6 is 0 Å². The van der Waals surface area contributed by atoms with Crippen molar-refractivity contribution in [2.75, 3.05) is 24.5 Å². The lowest BCUT2D eigenvalue weighted by Gasteiger charge is -2.31. The van der Waals surface area contributed by atoms with Crippen LogP contribution in [0, 0.1) is 0 Å². The number of carboxylic acid groups (broad SMARTS) is 1. The number of amides is 2. The van der Waals surface area contributed by atoms with Crippen LogP contribution in [0.2, 0.25) is 0 Å². The van der Waals surface area contributed by atoms with Crippen molar-refractivity contribution in [2.45, 2.75) is 31.6 Å². The highest BCUT2D eigenvalue weighted by Gasteiger charge is 2.35. The lowest BCUT2D eigenvalue weighted by Crippen LogP contribution is -2.45. The van der Waals surface area contributed by atoms with Gasteiger partial charge in [-0.15, -0.1) is 0 Å². The van der Waals surface area contributed by atoms with E-state index in [0.717, 1.165) is 37.2 Å². The number of likely N-dealkylation sites (tertiary alicyclic amines) is 1. The van der Waals surface area contributed by atoms with Crippen molar-refractivity contribution in [3.8, 4) is 0 Å². The molecule has 1 atom stereocenters. The smallest absolute Gasteiger partial charge is 0.324 e. The monoisotopic (exact) mass is 288 g/mol. The maximum absolute atomic E-state index is 12.7. The molecule has 1 aromatic rings. The summed E-state index contributed by atoms with van der Waals surface area (Å²) in [4.78, 5) is 27.4. The molecule has 2 heterocycles. The normalized spacial score (nSPS) is 21.2. The minimum absolute atomic E-state index is 0.0232. The Balaban J connectivity index is 1.83. The van der Waals surface area contributed by atoms with E-state index in [2.05, 4.69) is 0 Å². The molecule has 2 aliphatic rings. The average molecular weight is 288 g/mol. The number of carbonyl (C=O) groups excluding carboxylic acids is 1. The van der Waals surface area contributed by atoms with Gasteiger partial charge in [-0.25, -0.2) is 4.79 Å². The topological polar surface area (TPSA) is 60.9 Å². The molecular formula is C16H20N2O3. The zero-order chi connectivity index (χ0) is 14.8. The minimum Gasteiger partial charge on any atom is -0.481 e. The first-order valence-electron chi connectivity index (χ1n) is 7.54. The molecule has 5 heteroatoms. The predicted octanol–water partition coefficient (Wildman–Crippen LogP) is 2.67. The zero-order valence-corrected chi connectivity index (χ0v) is 12.0. The molecule has 1 aromatic carbocycles. The van der Waals surface area contributed by atoms with Crippen LogP contribution in [0.4, 0.5) is 10.5 Å². The van der Waals surface area contributed by atoms with Crippen molar-refractivity contribution in [3.63, 3.8) is 0 Å². The van der Waals surface area contributed by atoms with Gasteiger partial charge in [-0.3, -0.25) is 9.69 Å². The van der Waals surface area contributed by atoms with Crippen LogP contribution in [-0.2, 0) is 4.79 Å². The molecule has 0 saturated carbocycles. The van der Waals surface area contributed by atoms with Crippen molar-refractivity contribution in [3.05, 3.63) is 29.8 Å². The van der Waals surface area contributed by atoms with E-state index in [9.17, 15) is 9.59 Å². The SMILES string of the molecule is O=C(O)CC1CN(C(=O)N2CCCCC2)c2ccccc21. The predicted molar refractivity (Wildman–Crippen MR) is 79.6 cm³/mol. The molecule has 0 radical (unpaired) electrons. The molecule has 0 spiro atoms. The fourth-order valence-corrected chi connectivity index (χ4v) is 3.32. The van der Waals surface area contributed by atoms with Crippen LogP contribution in [0.3, 0.4) is 0 Å². The molecule has 2 aliphatic heterocycles. The molecule has 5 nitrogen and oxygen atoms in total. The van der Waals surface area contributed by atoms with Gasteiger partial charge in [0.1, 0.15) is 0 Å². The molecule has 1 unspecified atom stereocenters. The lowest BCUT2D eigenvalue weighted by molar-refractivity contribution is -0.137. The Kier molecular flexibility index (Phi) is 3.82. The summed E-state index contributed by atoms with van der Waals surface area (Å²) in [5.74, 6) is -0.922. The van der Waals surface area contributed by atoms with Crippen molar-refractivity contribution >= 4 is 17.7 Å². The van der Waals surface area contributed by atoms with Crippen LogP contribution in [0.1, 0.15) is 37.2 Å². The molecule has 0 aromatic heterocycles. The van der Waals surface area contributed by atoms with E-state index in [1.165, 1.54) is 6.42 Å². The third-order valence-corrected chi connectivity index (χ3v) is 4.35. The quantitative estimate of drug-likeness (QED) is 0.910. The number of rotatable bonds is 2. The number of carboxylic acids is 1. The van der Waals surface area contributed by atoms with Crippen molar-refractivity contribution in [2.24, 2.45) is 0 Å². The number of para-hydroxylation sites is 1. The second-order valence-electron chi connectivity index (χ2n) is 5.79. The third kappa shape index (κ3) is 2.73. The second-order valence-corrected chi connectivity index (χ2v) is 5.79. The van der Waals surface area contributed by atoms with Gasteiger partial charge in [0.05, 0.1) is 6.42 Å². The van der Waals surface area contributed by atoms with Crippen LogP contribution in [-0.4, -0.2) is 41.6 Å². The Morgan fingerprint density at radius 1 is 1.14 bits per heavy atom. The van der Waals surface area contributed by atoms with Gasteiger partial charge in [0.15, 0.2) is 0 Å². The summed E-state index contributed by atoms with van der Waals surface area (Å²) in [5, 5.41) is 9.06. The number of aliphatic carboxylic acids is 1. The van der Waals surface area contributed by atoms with E-state index < -0.39 is 5.97 Å². The van der Waals surface area contributed by atoms with Gasteiger partial charge in [-0.2, -0.15) is 0 Å². The van der Waals surface area contributed by atoms with Crippen LogP contribution < -0.4 is 4.90 Å². The fraction of sp³-hybridized carbons (Fsp3) is 0.500. The summed E-state index contributed by atoms with van der Waals surface area (Å²) in [7, 11) is 0. The summed E-state index contributed by atoms with van der Waals surface area (Å²) in [6.45, 7) is 2.09. The highest BCUT2D eigenvalue weighted by atomic mass is 16.4. The maximum Gasteiger partial charge on any atom is 0.324 e. The van der Waals surface area contributed by atoms with E-state index in [4.69, 9.17) is 5.11 Å². The van der Waals surface area contributed by atoms with E-state index in [0.29, 0.717) is 6.54 Å². The molecular weight excluding hydrogens is 268 g/mol. The zero-order valence-electron chi connectivity index (χ0n) is 12.0. The molecule has 3 rings (SSSR count). The standard InChI is InChI=1S/C16H20N2O3/c19-15(20)10-12-11-18(14-7-3-2-6-13(12)14)16(21)17-8-4-1-5-9-17/h2-3,6-7,12H,1,4-5,8-11H2,(H,19,20). The lowest BCUT2D eigenvalue weighted by atomic mass is 9.98. The van der Waals surface area contributed by atoms with E-state index >= 15 is 0 Å². The number of benzene rings is 1. The van der Waals surface area contributed by atoms with Gasteiger partial charge in [0.2, 0.25) is 0 Å².